The van der Waals surface area contributed by atoms with Gasteiger partial charge in [0, 0.05) is 0 Å². The molecule has 0 N–H and O–H groups in total. The molecule has 0 aromatic heterocycles. The van der Waals surface area contributed by atoms with Crippen LogP contribution in [0.25, 0.3) is 154 Å². The standard InChI is InChI=1S/C78H50/c1-5-21-51(22-6-1)59-43-60(52-23-7-2-8-24-52)46-63(45-59)77-69-33-17-13-29-65(69)75(66-30-14-18-34-70(66)77)57-41-39-55-37-38-56-40-42-58(50-74(56)73(55)49-57)76-67-31-15-19-35-71(67)78(72-36-20-16-32-68(72)76)64-47-61(53-25-9-3-10-26-53)44-62(48-64)54-27-11-4-12-28-54/h1-50H/i1D,2D,3D,4D,13D,14D,15D,16D,17D,18D,19D,20D,21D,22D,23D,24D,25D,26D,27D,28D,29D,30D,31D,32D,33D,34D,35D,36D,37D,38D,39D,40D,41D,42D,49D,50D. The van der Waals surface area contributed by atoms with E-state index in [1.54, 1.807) is 0 Å². The lowest BCUT2D eigenvalue weighted by Crippen LogP contribution is -1.93. The van der Waals surface area contributed by atoms with Crippen molar-refractivity contribution in [2.45, 2.75) is 0 Å². The summed E-state index contributed by atoms with van der Waals surface area (Å²) in [5.74, 6) is 0. The van der Waals surface area contributed by atoms with Crippen molar-refractivity contribution < 1.29 is 49.3 Å². The maximum absolute atomic E-state index is 10.7. The Morgan fingerprint density at radius 2 is 0.385 bits per heavy atom. The molecule has 0 atom stereocenters. The smallest absolute Gasteiger partial charge is 0.0622 e. The van der Waals surface area contributed by atoms with E-state index in [4.69, 9.17) is 16.4 Å². The first-order chi connectivity index (χ1) is 53.5. The molecule has 15 aromatic carbocycles. The molecular formula is C78H50. The van der Waals surface area contributed by atoms with Gasteiger partial charge in [0.15, 0.2) is 0 Å². The summed E-state index contributed by atoms with van der Waals surface area (Å²) in [7, 11) is 0. The zero-order valence-electron chi connectivity index (χ0n) is 76.1. The molecule has 15 aromatic rings. The highest BCUT2D eigenvalue weighted by atomic mass is 14.2. The van der Waals surface area contributed by atoms with Crippen LogP contribution in [0.4, 0.5) is 0 Å². The van der Waals surface area contributed by atoms with Crippen molar-refractivity contribution in [3.63, 3.8) is 0 Å². The van der Waals surface area contributed by atoms with Crippen molar-refractivity contribution >= 4 is 64.6 Å². The van der Waals surface area contributed by atoms with Crippen LogP contribution in [0.2, 0.25) is 0 Å². The van der Waals surface area contributed by atoms with Crippen LogP contribution in [-0.2, 0) is 0 Å². The number of fused-ring (bicyclic) bond motifs is 7. The summed E-state index contributed by atoms with van der Waals surface area (Å²) in [5, 5.41) is -8.56. The maximum atomic E-state index is 10.7. The monoisotopic (exact) mass is 1020 g/mol. The lowest BCUT2D eigenvalue weighted by atomic mass is 9.83. The van der Waals surface area contributed by atoms with Gasteiger partial charge in [-0.2, -0.15) is 0 Å². The Hall–Kier alpha value is -10.1. The van der Waals surface area contributed by atoms with Crippen LogP contribution in [0, 0.1) is 0 Å². The Morgan fingerprint density at radius 3 is 0.641 bits per heavy atom. The Morgan fingerprint density at radius 1 is 0.167 bits per heavy atom. The molecule has 0 spiro atoms. The molecule has 0 bridgehead atoms. The van der Waals surface area contributed by atoms with Crippen LogP contribution in [0.5, 0.6) is 0 Å². The van der Waals surface area contributed by atoms with Gasteiger partial charge < -0.3 is 0 Å². The molecule has 0 saturated heterocycles. The molecule has 0 amide bonds. The normalized spacial score (nSPS) is 18.1. The molecule has 78 heavy (non-hydrogen) atoms. The van der Waals surface area contributed by atoms with Crippen molar-refractivity contribution in [2.24, 2.45) is 0 Å². The molecular weight excluding hydrogens is 937 g/mol. The van der Waals surface area contributed by atoms with Gasteiger partial charge in [-0.15, -0.1) is 0 Å². The van der Waals surface area contributed by atoms with Gasteiger partial charge in [-0.1, -0.05) is 254 Å². The Kier molecular flexibility index (Phi) is 5.29. The van der Waals surface area contributed by atoms with E-state index in [1.807, 2.05) is 0 Å². The maximum Gasteiger partial charge on any atom is 0.0636 e. The zero-order chi connectivity index (χ0) is 82.8. The lowest BCUT2D eigenvalue weighted by Gasteiger charge is -2.20. The number of hydrogen-bond acceptors (Lipinski definition) is 0. The second kappa shape index (κ2) is 18.9. The van der Waals surface area contributed by atoms with Crippen molar-refractivity contribution in [2.75, 3.05) is 0 Å². The molecule has 15 rings (SSSR count). The molecule has 0 nitrogen and oxygen atoms in total. The first-order valence-corrected chi connectivity index (χ1v) is 24.1. The second-order valence-electron chi connectivity index (χ2n) is 17.8. The summed E-state index contributed by atoms with van der Waals surface area (Å²) < 4.78 is 340. The summed E-state index contributed by atoms with van der Waals surface area (Å²) in [5.41, 5.74) is -5.61. The zero-order valence-corrected chi connectivity index (χ0v) is 40.1. The third-order valence-electron chi connectivity index (χ3n) is 13.4. The van der Waals surface area contributed by atoms with E-state index in [9.17, 15) is 32.9 Å². The van der Waals surface area contributed by atoms with Crippen molar-refractivity contribution in [3.8, 4) is 89.0 Å². The van der Waals surface area contributed by atoms with E-state index < -0.39 is 291 Å². The van der Waals surface area contributed by atoms with Crippen molar-refractivity contribution in [3.05, 3.63) is 302 Å². The quantitative estimate of drug-likeness (QED) is 0.105. The topological polar surface area (TPSA) is 0 Å². The number of rotatable bonds is 8. The fourth-order valence-corrected chi connectivity index (χ4v) is 10.1. The summed E-state index contributed by atoms with van der Waals surface area (Å²) in [4.78, 5) is 0. The van der Waals surface area contributed by atoms with Gasteiger partial charge in [-0.3, -0.25) is 0 Å². The molecule has 0 unspecified atom stereocenters. The molecule has 362 valence electrons. The van der Waals surface area contributed by atoms with E-state index in [0.717, 1.165) is 48.5 Å². The molecule has 0 radical (unpaired) electrons. The molecule has 0 fully saturated rings. The van der Waals surface area contributed by atoms with Crippen LogP contribution in [0.1, 0.15) is 49.3 Å². The van der Waals surface area contributed by atoms with Gasteiger partial charge in [0.1, 0.15) is 0 Å². The number of benzene rings is 15. The minimum Gasteiger partial charge on any atom is -0.0622 e. The third kappa shape index (κ3) is 7.77. The van der Waals surface area contributed by atoms with Gasteiger partial charge in [-0.25, -0.2) is 0 Å². The van der Waals surface area contributed by atoms with E-state index in [2.05, 4.69) is 0 Å². The fraction of sp³-hybridized carbons (Fsp3) is 0. The predicted molar refractivity (Wildman–Crippen MR) is 335 cm³/mol. The highest BCUT2D eigenvalue weighted by Crippen LogP contribution is 2.49. The molecule has 0 saturated carbocycles. The predicted octanol–water partition coefficient (Wildman–Crippen LogP) is 21.9. The summed E-state index contributed by atoms with van der Waals surface area (Å²) >= 11 is 0. The molecule has 0 aliphatic rings. The van der Waals surface area contributed by atoms with Crippen LogP contribution < -0.4 is 0 Å². The first kappa shape index (κ1) is 21.8. The van der Waals surface area contributed by atoms with Gasteiger partial charge in [0.25, 0.3) is 0 Å². The largest absolute Gasteiger partial charge is 0.0636 e. The van der Waals surface area contributed by atoms with Gasteiger partial charge in [-0.05, 0) is 202 Å². The summed E-state index contributed by atoms with van der Waals surface area (Å²) in [6.07, 6.45) is 0. The van der Waals surface area contributed by atoms with E-state index >= 15 is 0 Å². The lowest BCUT2D eigenvalue weighted by molar-refractivity contribution is 1.58. The van der Waals surface area contributed by atoms with Crippen LogP contribution in [0.15, 0.2) is 302 Å². The Labute approximate surface area is 505 Å². The van der Waals surface area contributed by atoms with Gasteiger partial charge in [0.05, 0.1) is 49.3 Å². The van der Waals surface area contributed by atoms with Gasteiger partial charge >= 0.3 is 0 Å². The third-order valence-corrected chi connectivity index (χ3v) is 13.4. The highest BCUT2D eigenvalue weighted by molar-refractivity contribution is 6.24. The highest BCUT2D eigenvalue weighted by Gasteiger charge is 2.21. The molecule has 0 aliphatic heterocycles. The fourth-order valence-electron chi connectivity index (χ4n) is 10.1. The summed E-state index contributed by atoms with van der Waals surface area (Å²) in [6, 6.07) is -11.5. The molecule has 0 heteroatoms. The Balaban J connectivity index is 1.14. The van der Waals surface area contributed by atoms with E-state index in [-0.39, 0.29) is 79.8 Å². The van der Waals surface area contributed by atoms with E-state index in [1.165, 1.54) is 36.4 Å². The second-order valence-corrected chi connectivity index (χ2v) is 17.8. The average molecular weight is 1020 g/mol. The minimum absolute atomic E-state index is 0.0604. The van der Waals surface area contributed by atoms with Crippen LogP contribution in [-0.4, -0.2) is 0 Å². The van der Waals surface area contributed by atoms with Crippen LogP contribution in [0.3, 0.4) is 0 Å². The Bertz CT molecular complexity index is 6220. The van der Waals surface area contributed by atoms with Crippen LogP contribution >= 0.6 is 0 Å². The molecule has 0 heterocycles. The van der Waals surface area contributed by atoms with Crippen molar-refractivity contribution in [1.29, 1.82) is 0 Å². The number of hydrogen-bond donors (Lipinski definition) is 0. The molecule has 0 aliphatic carbocycles. The minimum atomic E-state index is -1.11. The van der Waals surface area contributed by atoms with E-state index in [0.29, 0.717) is 0 Å². The summed E-state index contributed by atoms with van der Waals surface area (Å²) in [6.45, 7) is 0. The SMILES string of the molecule is [2H]c1cc([2H])c(-c2cc(-c3c([2H])cc([2H])cc3[2H])cc(-c3c4c([2H])c([2H])c([2H])c([2H])c4c(-c4c([2H])c([2H])c5c([2H])c([2H])c6c([2H])c([2H])c(-c7c8c([2H])c([2H])c([2H])c([2H])c8c(-c8cc(-c9c([2H])cc([2H])cc9[2H])cc(-c9c([2H])cc([2H])cc9[2H])c8)c8c([2H])c([2H])c([2H])c([2H])c78)c([2H])c6c5c4[2H])c4c([2H])c([2H])c([2H])c([2H])c34)c2)c([2H])c1. The van der Waals surface area contributed by atoms with Crippen molar-refractivity contribution in [1.82, 2.24) is 0 Å². The average Bonchev–Trinajstić information content (AvgIpc) is 0.685. The van der Waals surface area contributed by atoms with Gasteiger partial charge in [0.2, 0.25) is 0 Å². The first-order valence-electron chi connectivity index (χ1n) is 42.1.